The lowest BCUT2D eigenvalue weighted by molar-refractivity contribution is 0.0600. The molecule has 0 saturated heterocycles. The first-order chi connectivity index (χ1) is 11.7. The Kier molecular flexibility index (Phi) is 6.55. The lowest BCUT2D eigenvalue weighted by Gasteiger charge is -2.08. The maximum absolute atomic E-state index is 11.5. The van der Waals surface area contributed by atoms with Crippen molar-refractivity contribution in [2.45, 2.75) is 6.61 Å². The Bertz CT molecular complexity index is 850. The van der Waals surface area contributed by atoms with E-state index in [-0.39, 0.29) is 23.0 Å². The average molecular weight is 421 g/mol. The number of anilines is 1. The van der Waals surface area contributed by atoms with E-state index in [9.17, 15) is 4.79 Å². The minimum Gasteiger partial charge on any atom is -0.489 e. The summed E-state index contributed by atoms with van der Waals surface area (Å²) in [4.78, 5) is 15.8. The van der Waals surface area contributed by atoms with E-state index >= 15 is 0 Å². The van der Waals surface area contributed by atoms with Crippen molar-refractivity contribution in [2.24, 2.45) is 0 Å². The molecule has 0 spiro atoms. The molecule has 5 nitrogen and oxygen atoms in total. The molecule has 0 fully saturated rings. The highest BCUT2D eigenvalue weighted by atomic mass is 79.9. The topological polar surface area (TPSA) is 74.4 Å². The number of nitrogen functional groups attached to an aromatic ring is 1. The van der Waals surface area contributed by atoms with Gasteiger partial charge in [-0.15, -0.1) is 28.3 Å². The van der Waals surface area contributed by atoms with Gasteiger partial charge in [0.25, 0.3) is 0 Å². The molecule has 7 heteroatoms. The minimum atomic E-state index is -0.358. The maximum Gasteiger partial charge on any atom is 0.337 e. The van der Waals surface area contributed by atoms with Gasteiger partial charge in [0.2, 0.25) is 0 Å². The molecule has 0 aliphatic rings. The summed E-state index contributed by atoms with van der Waals surface area (Å²) in [6.07, 6.45) is 0. The van der Waals surface area contributed by atoms with E-state index in [0.717, 1.165) is 22.6 Å². The maximum atomic E-state index is 11.5. The fourth-order valence-electron chi connectivity index (χ4n) is 2.21. The van der Waals surface area contributed by atoms with Gasteiger partial charge in [-0.1, -0.05) is 12.1 Å². The highest BCUT2D eigenvalue weighted by Crippen LogP contribution is 2.25. The van der Waals surface area contributed by atoms with E-state index < -0.39 is 0 Å². The third-order valence-electron chi connectivity index (χ3n) is 3.43. The van der Waals surface area contributed by atoms with E-state index in [1.807, 2.05) is 35.7 Å². The predicted octanol–water partition coefficient (Wildman–Crippen LogP) is 4.34. The average Bonchev–Trinajstić information content (AvgIpc) is 3.06. The molecule has 3 rings (SSSR count). The van der Waals surface area contributed by atoms with E-state index in [4.69, 9.17) is 15.2 Å². The van der Waals surface area contributed by atoms with Gasteiger partial charge in [-0.25, -0.2) is 9.78 Å². The minimum absolute atomic E-state index is 0. The molecule has 2 N–H and O–H groups in total. The number of carbonyl (C=O) groups is 1. The first-order valence-electron chi connectivity index (χ1n) is 7.27. The van der Waals surface area contributed by atoms with Crippen molar-refractivity contribution in [1.82, 2.24) is 4.98 Å². The van der Waals surface area contributed by atoms with Gasteiger partial charge < -0.3 is 15.2 Å². The largest absolute Gasteiger partial charge is 0.489 e. The monoisotopic (exact) mass is 420 g/mol. The van der Waals surface area contributed by atoms with Crippen LogP contribution in [0.15, 0.2) is 53.9 Å². The summed E-state index contributed by atoms with van der Waals surface area (Å²) in [6.45, 7) is 0.369. The van der Waals surface area contributed by atoms with Gasteiger partial charge >= 0.3 is 5.97 Å². The fraction of sp³-hybridized carbons (Fsp3) is 0.111. The van der Waals surface area contributed by atoms with Crippen LogP contribution in [-0.4, -0.2) is 18.1 Å². The molecule has 130 valence electrons. The normalized spacial score (nSPS) is 9.96. The standard InChI is InChI=1S/C18H16N2O3S.BrH/c1-22-17(21)14-4-2-3-12(9-14)10-23-15-7-5-13(6-8-15)16-11-24-18(19)20-16;/h2-9,11H,10H2,1H3,(H2,19,20);1H. The quantitative estimate of drug-likeness (QED) is 0.621. The molecule has 0 radical (unpaired) electrons. The molecule has 0 saturated carbocycles. The molecule has 1 aromatic heterocycles. The Morgan fingerprint density at radius 3 is 2.60 bits per heavy atom. The van der Waals surface area contributed by atoms with Gasteiger partial charge in [-0.3, -0.25) is 0 Å². The molecule has 1 heterocycles. The van der Waals surface area contributed by atoms with Crippen molar-refractivity contribution in [3.8, 4) is 17.0 Å². The summed E-state index contributed by atoms with van der Waals surface area (Å²) < 4.78 is 10.5. The molecule has 0 atom stereocenters. The summed E-state index contributed by atoms with van der Waals surface area (Å²) >= 11 is 1.41. The Morgan fingerprint density at radius 2 is 1.96 bits per heavy atom. The molecule has 0 unspecified atom stereocenters. The number of thiazole rings is 1. The van der Waals surface area contributed by atoms with Crippen molar-refractivity contribution in [3.63, 3.8) is 0 Å². The van der Waals surface area contributed by atoms with Crippen LogP contribution in [0.25, 0.3) is 11.3 Å². The number of halogens is 1. The molecule has 0 amide bonds. The number of benzene rings is 2. The van der Waals surface area contributed by atoms with Crippen LogP contribution in [-0.2, 0) is 11.3 Å². The van der Waals surface area contributed by atoms with Gasteiger partial charge in [0, 0.05) is 10.9 Å². The van der Waals surface area contributed by atoms with E-state index in [0.29, 0.717) is 17.3 Å². The van der Waals surface area contributed by atoms with Crippen LogP contribution >= 0.6 is 28.3 Å². The molecule has 0 bridgehead atoms. The zero-order valence-corrected chi connectivity index (χ0v) is 16.0. The lowest BCUT2D eigenvalue weighted by Crippen LogP contribution is -2.03. The number of aromatic nitrogens is 1. The van der Waals surface area contributed by atoms with Crippen molar-refractivity contribution < 1.29 is 14.3 Å². The van der Waals surface area contributed by atoms with Crippen LogP contribution in [0.5, 0.6) is 5.75 Å². The van der Waals surface area contributed by atoms with E-state index in [2.05, 4.69) is 4.98 Å². The van der Waals surface area contributed by atoms with Crippen LogP contribution < -0.4 is 10.5 Å². The number of methoxy groups -OCH3 is 1. The van der Waals surface area contributed by atoms with Crippen LogP contribution in [0, 0.1) is 0 Å². The van der Waals surface area contributed by atoms with Crippen molar-refractivity contribution in [2.75, 3.05) is 12.8 Å². The number of nitrogens with two attached hydrogens (primary N) is 1. The smallest absolute Gasteiger partial charge is 0.337 e. The molecule has 0 aliphatic heterocycles. The fourth-order valence-corrected chi connectivity index (χ4v) is 2.79. The first kappa shape index (κ1) is 19.0. The molecule has 0 aliphatic carbocycles. The summed E-state index contributed by atoms with van der Waals surface area (Å²) in [5, 5.41) is 2.47. The summed E-state index contributed by atoms with van der Waals surface area (Å²) in [5.74, 6) is 0.383. The van der Waals surface area contributed by atoms with Crippen LogP contribution in [0.1, 0.15) is 15.9 Å². The Balaban J connectivity index is 0.00000225. The highest BCUT2D eigenvalue weighted by Gasteiger charge is 2.06. The number of ether oxygens (including phenoxy) is 2. The van der Waals surface area contributed by atoms with Crippen LogP contribution in [0.3, 0.4) is 0 Å². The summed E-state index contributed by atoms with van der Waals surface area (Å²) in [5.41, 5.74) is 8.90. The molecular weight excluding hydrogens is 404 g/mol. The number of hydrogen-bond acceptors (Lipinski definition) is 6. The lowest BCUT2D eigenvalue weighted by atomic mass is 10.1. The van der Waals surface area contributed by atoms with Gasteiger partial charge in [0.1, 0.15) is 12.4 Å². The molecule has 3 aromatic rings. The zero-order chi connectivity index (χ0) is 16.9. The van der Waals surface area contributed by atoms with Gasteiger partial charge in [-0.05, 0) is 42.0 Å². The molecule has 2 aromatic carbocycles. The first-order valence-corrected chi connectivity index (χ1v) is 8.15. The second kappa shape index (κ2) is 8.64. The van der Waals surface area contributed by atoms with Crippen molar-refractivity contribution in [3.05, 3.63) is 65.0 Å². The Hall–Kier alpha value is -2.38. The zero-order valence-electron chi connectivity index (χ0n) is 13.5. The number of hydrogen-bond donors (Lipinski definition) is 1. The van der Waals surface area contributed by atoms with Crippen molar-refractivity contribution >= 4 is 39.4 Å². The summed E-state index contributed by atoms with van der Waals surface area (Å²) in [6, 6.07) is 14.8. The van der Waals surface area contributed by atoms with Crippen LogP contribution in [0.2, 0.25) is 0 Å². The molecule has 25 heavy (non-hydrogen) atoms. The van der Waals surface area contributed by atoms with Crippen LogP contribution in [0.4, 0.5) is 5.13 Å². The van der Waals surface area contributed by atoms with Gasteiger partial charge in [0.05, 0.1) is 18.4 Å². The Morgan fingerprint density at radius 1 is 1.20 bits per heavy atom. The third-order valence-corrected chi connectivity index (χ3v) is 4.10. The highest BCUT2D eigenvalue weighted by molar-refractivity contribution is 8.93. The second-order valence-electron chi connectivity index (χ2n) is 5.08. The second-order valence-corrected chi connectivity index (χ2v) is 5.97. The number of rotatable bonds is 5. The van der Waals surface area contributed by atoms with Gasteiger partial charge in [-0.2, -0.15) is 0 Å². The Labute approximate surface area is 160 Å². The number of carbonyl (C=O) groups excluding carboxylic acids is 1. The predicted molar refractivity (Wildman–Crippen MR) is 104 cm³/mol. The van der Waals surface area contributed by atoms with E-state index in [1.54, 1.807) is 18.2 Å². The number of nitrogens with zero attached hydrogens (tertiary/aromatic N) is 1. The molecular formula is C18H17BrN2O3S. The summed E-state index contributed by atoms with van der Waals surface area (Å²) in [7, 11) is 1.36. The van der Waals surface area contributed by atoms with Gasteiger partial charge in [0.15, 0.2) is 5.13 Å². The van der Waals surface area contributed by atoms with Crippen molar-refractivity contribution in [1.29, 1.82) is 0 Å². The number of esters is 1. The third kappa shape index (κ3) is 4.80. The van der Waals surface area contributed by atoms with E-state index in [1.165, 1.54) is 18.4 Å². The SMILES string of the molecule is Br.COC(=O)c1cccc(COc2ccc(-c3csc(N)n3)cc2)c1.